The van der Waals surface area contributed by atoms with Crippen molar-refractivity contribution in [3.05, 3.63) is 23.8 Å². The first-order valence-corrected chi connectivity index (χ1v) is 7.86. The van der Waals surface area contributed by atoms with Crippen molar-refractivity contribution < 1.29 is 32.6 Å². The largest absolute Gasteiger partial charge is 0.495 e. The number of aliphatic carboxylic acids is 1. The first-order chi connectivity index (χ1) is 10.3. The van der Waals surface area contributed by atoms with Gasteiger partial charge < -0.3 is 14.6 Å². The van der Waals surface area contributed by atoms with Crippen LogP contribution in [0.25, 0.3) is 0 Å². The summed E-state index contributed by atoms with van der Waals surface area (Å²) in [6, 6.07) is 3.84. The van der Waals surface area contributed by atoms with Gasteiger partial charge in [0.05, 0.1) is 25.7 Å². The van der Waals surface area contributed by atoms with Crippen LogP contribution in [0.2, 0.25) is 0 Å². The highest BCUT2D eigenvalue weighted by Gasteiger charge is 2.22. The minimum absolute atomic E-state index is 0.0378. The number of nitrogens with one attached hydrogen (secondary N) is 1. The Kier molecular flexibility index (Phi) is 6.32. The molecule has 0 aliphatic carbocycles. The first-order valence-electron chi connectivity index (χ1n) is 6.38. The average Bonchev–Trinajstić information content (AvgIpc) is 2.46. The summed E-state index contributed by atoms with van der Waals surface area (Å²) in [4.78, 5) is 21.9. The van der Waals surface area contributed by atoms with Crippen LogP contribution in [0.3, 0.4) is 0 Å². The smallest absolute Gasteiger partial charge is 0.338 e. The summed E-state index contributed by atoms with van der Waals surface area (Å²) in [5, 5.41) is 8.54. The van der Waals surface area contributed by atoms with Gasteiger partial charge in [0.2, 0.25) is 10.0 Å². The number of carboxylic acid groups (broad SMARTS) is 1. The van der Waals surface area contributed by atoms with Crippen molar-refractivity contribution in [1.82, 2.24) is 4.72 Å². The zero-order chi connectivity index (χ0) is 16.8. The van der Waals surface area contributed by atoms with E-state index in [2.05, 4.69) is 4.72 Å². The molecule has 1 aromatic rings. The number of carbonyl (C=O) groups is 2. The lowest BCUT2D eigenvalue weighted by Gasteiger charge is -2.11. The zero-order valence-electron chi connectivity index (χ0n) is 12.2. The summed E-state index contributed by atoms with van der Waals surface area (Å²) in [6.07, 6.45) is -0.362. The van der Waals surface area contributed by atoms with Gasteiger partial charge in [0.25, 0.3) is 0 Å². The number of carboxylic acids is 1. The molecule has 0 radical (unpaired) electrons. The summed E-state index contributed by atoms with van der Waals surface area (Å²) in [7, 11) is -2.73. The van der Waals surface area contributed by atoms with Gasteiger partial charge in [0, 0.05) is 6.54 Å². The lowest BCUT2D eigenvalue weighted by molar-refractivity contribution is -0.136. The predicted molar refractivity (Wildman–Crippen MR) is 76.4 cm³/mol. The number of methoxy groups -OCH3 is 1. The number of hydrogen-bond acceptors (Lipinski definition) is 6. The summed E-state index contributed by atoms with van der Waals surface area (Å²) >= 11 is 0. The van der Waals surface area contributed by atoms with Crippen molar-refractivity contribution in [1.29, 1.82) is 0 Å². The van der Waals surface area contributed by atoms with E-state index < -0.39 is 22.0 Å². The maximum absolute atomic E-state index is 12.2. The molecular formula is C13H17NO7S. The topological polar surface area (TPSA) is 119 Å². The molecular weight excluding hydrogens is 314 g/mol. The lowest BCUT2D eigenvalue weighted by Crippen LogP contribution is -2.27. The second-order valence-electron chi connectivity index (χ2n) is 4.13. The van der Waals surface area contributed by atoms with Crippen LogP contribution in [-0.2, 0) is 19.6 Å². The van der Waals surface area contributed by atoms with E-state index in [-0.39, 0.29) is 35.8 Å². The van der Waals surface area contributed by atoms with Gasteiger partial charge in [0.15, 0.2) is 0 Å². The monoisotopic (exact) mass is 331 g/mol. The standard InChI is InChI=1S/C13H17NO7S/c1-3-21-13(17)9-4-5-10(20-2)11(8-9)22(18,19)14-7-6-12(15)16/h4-5,8,14H,3,6-7H2,1-2H3,(H,15,16). The van der Waals surface area contributed by atoms with Gasteiger partial charge in [0.1, 0.15) is 10.6 Å². The van der Waals surface area contributed by atoms with Crippen molar-refractivity contribution in [3.8, 4) is 5.75 Å². The molecule has 0 atom stereocenters. The molecule has 1 aromatic carbocycles. The lowest BCUT2D eigenvalue weighted by atomic mass is 10.2. The highest BCUT2D eigenvalue weighted by molar-refractivity contribution is 7.89. The maximum atomic E-state index is 12.2. The second-order valence-corrected chi connectivity index (χ2v) is 5.86. The summed E-state index contributed by atoms with van der Waals surface area (Å²) in [5.74, 6) is -1.75. The third kappa shape index (κ3) is 4.71. The van der Waals surface area contributed by atoms with Crippen molar-refractivity contribution in [2.75, 3.05) is 20.3 Å². The molecule has 8 nitrogen and oxygen atoms in total. The quantitative estimate of drug-likeness (QED) is 0.670. The first kappa shape index (κ1) is 17.9. The summed E-state index contributed by atoms with van der Waals surface area (Å²) in [5.41, 5.74) is 0.0567. The fraction of sp³-hybridized carbons (Fsp3) is 0.385. The molecule has 0 fully saturated rings. The van der Waals surface area contributed by atoms with Crippen molar-refractivity contribution in [2.24, 2.45) is 0 Å². The minimum Gasteiger partial charge on any atom is -0.495 e. The van der Waals surface area contributed by atoms with Gasteiger partial charge in [-0.2, -0.15) is 0 Å². The van der Waals surface area contributed by atoms with E-state index >= 15 is 0 Å². The van der Waals surface area contributed by atoms with Crippen LogP contribution < -0.4 is 9.46 Å². The molecule has 0 saturated heterocycles. The molecule has 22 heavy (non-hydrogen) atoms. The van der Waals surface area contributed by atoms with Crippen molar-refractivity contribution in [3.63, 3.8) is 0 Å². The van der Waals surface area contributed by atoms with Gasteiger partial charge >= 0.3 is 11.9 Å². The number of benzene rings is 1. The highest BCUT2D eigenvalue weighted by Crippen LogP contribution is 2.25. The Bertz CT molecular complexity index is 654. The van der Waals surface area contributed by atoms with Gasteiger partial charge in [-0.15, -0.1) is 0 Å². The molecule has 9 heteroatoms. The van der Waals surface area contributed by atoms with E-state index in [1.165, 1.54) is 19.2 Å². The number of sulfonamides is 1. The van der Waals surface area contributed by atoms with Crippen LogP contribution in [0.1, 0.15) is 23.7 Å². The van der Waals surface area contributed by atoms with E-state index in [4.69, 9.17) is 14.6 Å². The highest BCUT2D eigenvalue weighted by atomic mass is 32.2. The number of carbonyl (C=O) groups excluding carboxylic acids is 1. The molecule has 122 valence electrons. The van der Waals surface area contributed by atoms with Crippen molar-refractivity contribution in [2.45, 2.75) is 18.2 Å². The minimum atomic E-state index is -4.02. The van der Waals surface area contributed by atoms with E-state index in [0.29, 0.717) is 0 Å². The van der Waals surface area contributed by atoms with Gasteiger partial charge in [-0.25, -0.2) is 17.9 Å². The average molecular weight is 331 g/mol. The van der Waals surface area contributed by atoms with Crippen LogP contribution in [0.15, 0.2) is 23.1 Å². The Morgan fingerprint density at radius 3 is 2.55 bits per heavy atom. The van der Waals surface area contributed by atoms with Crippen LogP contribution in [0, 0.1) is 0 Å². The Balaban J connectivity index is 3.11. The molecule has 0 aromatic heterocycles. The van der Waals surface area contributed by atoms with Crippen LogP contribution in [0.4, 0.5) is 0 Å². The van der Waals surface area contributed by atoms with Crippen LogP contribution in [-0.4, -0.2) is 45.7 Å². The SMILES string of the molecule is CCOC(=O)c1ccc(OC)c(S(=O)(=O)NCCC(=O)O)c1. The fourth-order valence-electron chi connectivity index (χ4n) is 1.60. The number of hydrogen-bond donors (Lipinski definition) is 2. The maximum Gasteiger partial charge on any atom is 0.338 e. The second kappa shape index (κ2) is 7.76. The molecule has 0 saturated carbocycles. The molecule has 0 bridgehead atoms. The predicted octanol–water partition coefficient (Wildman–Crippen LogP) is 0.625. The zero-order valence-corrected chi connectivity index (χ0v) is 13.0. The van der Waals surface area contributed by atoms with E-state index in [1.807, 2.05) is 0 Å². The van der Waals surface area contributed by atoms with Crippen LogP contribution in [0.5, 0.6) is 5.75 Å². The van der Waals surface area contributed by atoms with Gasteiger partial charge in [-0.05, 0) is 25.1 Å². The number of ether oxygens (including phenoxy) is 2. The van der Waals surface area contributed by atoms with Crippen molar-refractivity contribution >= 4 is 22.0 Å². The normalized spacial score (nSPS) is 11.0. The van der Waals surface area contributed by atoms with Gasteiger partial charge in [-0.3, -0.25) is 4.79 Å². The van der Waals surface area contributed by atoms with E-state index in [1.54, 1.807) is 6.92 Å². The molecule has 0 spiro atoms. The Labute approximate surface area is 128 Å². The summed E-state index contributed by atoms with van der Waals surface area (Å²) < 4.78 is 36.3. The molecule has 0 amide bonds. The van der Waals surface area contributed by atoms with E-state index in [0.717, 1.165) is 6.07 Å². The molecule has 1 rings (SSSR count). The molecule has 0 unspecified atom stereocenters. The molecule has 2 N–H and O–H groups in total. The third-order valence-corrected chi connectivity index (χ3v) is 4.08. The Morgan fingerprint density at radius 1 is 1.32 bits per heavy atom. The molecule has 0 aliphatic heterocycles. The third-order valence-electron chi connectivity index (χ3n) is 2.60. The number of esters is 1. The van der Waals surface area contributed by atoms with Gasteiger partial charge in [-0.1, -0.05) is 0 Å². The Morgan fingerprint density at radius 2 is 2.00 bits per heavy atom. The van der Waals surface area contributed by atoms with Crippen LogP contribution >= 0.6 is 0 Å². The fourth-order valence-corrected chi connectivity index (χ4v) is 2.82. The summed E-state index contributed by atoms with van der Waals surface area (Å²) in [6.45, 7) is 1.51. The molecule has 0 aliphatic rings. The number of rotatable bonds is 8. The van der Waals surface area contributed by atoms with E-state index in [9.17, 15) is 18.0 Å². The molecule has 0 heterocycles. The Hall–Kier alpha value is -2.13.